The summed E-state index contributed by atoms with van der Waals surface area (Å²) in [5.41, 5.74) is 12.4. The SMILES string of the molecule is c1cnc2c(c1)cc(-c1ccc(-c3ccc4ccc(-c5ccc6nc(-c7ccc8c9ccccc9c9ccccc9c8c7)ccc6c5)cc4n3)cc1)c1cccnc12. The van der Waals surface area contributed by atoms with Gasteiger partial charge < -0.3 is 0 Å². The van der Waals surface area contributed by atoms with Crippen LogP contribution >= 0.6 is 0 Å². The van der Waals surface area contributed by atoms with Crippen molar-refractivity contribution in [3.63, 3.8) is 0 Å². The van der Waals surface area contributed by atoms with Gasteiger partial charge in [0.2, 0.25) is 0 Å². The quantitative estimate of drug-likeness (QED) is 0.169. The Morgan fingerprint density at radius 3 is 1.62 bits per heavy atom. The van der Waals surface area contributed by atoms with Crippen molar-refractivity contribution in [2.45, 2.75) is 0 Å². The minimum atomic E-state index is 0.919. The molecule has 58 heavy (non-hydrogen) atoms. The molecule has 0 radical (unpaired) electrons. The predicted octanol–water partition coefficient (Wildman–Crippen LogP) is 14.0. The summed E-state index contributed by atoms with van der Waals surface area (Å²) in [6.07, 6.45) is 3.66. The van der Waals surface area contributed by atoms with Crippen LogP contribution in [0.2, 0.25) is 0 Å². The lowest BCUT2D eigenvalue weighted by molar-refractivity contribution is 1.37. The normalized spacial score (nSPS) is 11.8. The fraction of sp³-hybridized carbons (Fsp3) is 0. The van der Waals surface area contributed by atoms with Gasteiger partial charge in [0.25, 0.3) is 0 Å². The highest BCUT2D eigenvalue weighted by atomic mass is 14.7. The topological polar surface area (TPSA) is 51.6 Å². The standard InChI is InChI=1S/C54H32N4/c1-2-10-43-41(8-1)42-9-3-4-11-44(42)48-30-39(19-23-45(43)48)51-26-22-38-29-36(21-25-50(38)57-51)37-18-17-35-20-24-49(58-52(35)32-37)34-15-13-33(14-16-34)47-31-40-7-5-27-55-53(40)54-46(47)12-6-28-56-54/h1-32H. The van der Waals surface area contributed by atoms with Crippen molar-refractivity contribution in [3.05, 3.63) is 194 Å². The van der Waals surface area contributed by atoms with Crippen LogP contribution in [0.5, 0.6) is 0 Å². The second-order valence-corrected chi connectivity index (χ2v) is 15.0. The van der Waals surface area contributed by atoms with E-state index in [9.17, 15) is 0 Å². The van der Waals surface area contributed by atoms with Gasteiger partial charge in [-0.05, 0) is 109 Å². The summed E-state index contributed by atoms with van der Waals surface area (Å²) in [6, 6.07) is 65.0. The van der Waals surface area contributed by atoms with E-state index in [-0.39, 0.29) is 0 Å². The van der Waals surface area contributed by atoms with Gasteiger partial charge in [-0.15, -0.1) is 0 Å². The lowest BCUT2D eigenvalue weighted by atomic mass is 9.93. The van der Waals surface area contributed by atoms with Gasteiger partial charge in [-0.25, -0.2) is 9.97 Å². The van der Waals surface area contributed by atoms with Gasteiger partial charge in [-0.2, -0.15) is 0 Å². The number of nitrogens with zero attached hydrogens (tertiary/aromatic N) is 4. The number of aromatic nitrogens is 4. The summed E-state index contributed by atoms with van der Waals surface area (Å²) in [5, 5.41) is 12.0. The van der Waals surface area contributed by atoms with Gasteiger partial charge in [0.15, 0.2) is 0 Å². The van der Waals surface area contributed by atoms with Gasteiger partial charge in [0.05, 0.1) is 33.5 Å². The molecule has 0 aliphatic carbocycles. The molecular formula is C54H32N4. The Bertz CT molecular complexity index is 3590. The van der Waals surface area contributed by atoms with E-state index in [4.69, 9.17) is 15.0 Å². The lowest BCUT2D eigenvalue weighted by Crippen LogP contribution is -1.90. The van der Waals surface area contributed by atoms with E-state index in [1.54, 1.807) is 0 Å². The first-order chi connectivity index (χ1) is 28.7. The summed E-state index contributed by atoms with van der Waals surface area (Å²) in [6.45, 7) is 0. The number of rotatable bonds is 4. The largest absolute Gasteiger partial charge is 0.254 e. The Morgan fingerprint density at radius 1 is 0.276 bits per heavy atom. The zero-order valence-electron chi connectivity index (χ0n) is 31.3. The van der Waals surface area contributed by atoms with Crippen molar-refractivity contribution in [1.29, 1.82) is 0 Å². The second-order valence-electron chi connectivity index (χ2n) is 15.0. The molecule has 4 heterocycles. The third-order valence-corrected chi connectivity index (χ3v) is 11.7. The van der Waals surface area contributed by atoms with Crippen LogP contribution < -0.4 is 0 Å². The molecule has 12 aromatic rings. The molecule has 0 aliphatic heterocycles. The van der Waals surface area contributed by atoms with Crippen molar-refractivity contribution in [2.75, 3.05) is 0 Å². The third kappa shape index (κ3) is 5.23. The molecule has 8 aromatic carbocycles. The molecule has 0 spiro atoms. The summed E-state index contributed by atoms with van der Waals surface area (Å²) < 4.78 is 0. The van der Waals surface area contributed by atoms with Crippen LogP contribution in [0.25, 0.3) is 121 Å². The summed E-state index contributed by atoms with van der Waals surface area (Å²) in [5.74, 6) is 0. The predicted molar refractivity (Wildman–Crippen MR) is 242 cm³/mol. The first-order valence-corrected chi connectivity index (χ1v) is 19.6. The molecule has 0 atom stereocenters. The highest BCUT2D eigenvalue weighted by Crippen LogP contribution is 2.38. The molecule has 0 saturated heterocycles. The second kappa shape index (κ2) is 12.9. The van der Waals surface area contributed by atoms with Crippen LogP contribution in [-0.4, -0.2) is 19.9 Å². The molecule has 4 heteroatoms. The van der Waals surface area contributed by atoms with Gasteiger partial charge in [0, 0.05) is 45.1 Å². The maximum absolute atomic E-state index is 5.16. The van der Waals surface area contributed by atoms with E-state index in [1.807, 2.05) is 24.5 Å². The van der Waals surface area contributed by atoms with E-state index in [1.165, 1.54) is 32.3 Å². The Morgan fingerprint density at radius 2 is 0.828 bits per heavy atom. The molecule has 0 amide bonds. The smallest absolute Gasteiger partial charge is 0.0970 e. The minimum absolute atomic E-state index is 0.919. The monoisotopic (exact) mass is 736 g/mol. The fourth-order valence-electron chi connectivity index (χ4n) is 8.83. The summed E-state index contributed by atoms with van der Waals surface area (Å²) >= 11 is 0. The zero-order valence-corrected chi connectivity index (χ0v) is 31.3. The number of benzene rings is 8. The van der Waals surface area contributed by atoms with Gasteiger partial charge in [-0.1, -0.05) is 127 Å². The van der Waals surface area contributed by atoms with E-state index in [2.05, 4.69) is 175 Å². The third-order valence-electron chi connectivity index (χ3n) is 11.7. The van der Waals surface area contributed by atoms with Crippen LogP contribution in [0, 0.1) is 0 Å². The first-order valence-electron chi connectivity index (χ1n) is 19.6. The molecule has 0 fully saturated rings. The van der Waals surface area contributed by atoms with Crippen molar-refractivity contribution >= 4 is 75.9 Å². The number of hydrogen-bond donors (Lipinski definition) is 0. The zero-order chi connectivity index (χ0) is 38.2. The van der Waals surface area contributed by atoms with Crippen LogP contribution in [-0.2, 0) is 0 Å². The van der Waals surface area contributed by atoms with Crippen molar-refractivity contribution in [3.8, 4) is 44.8 Å². The maximum atomic E-state index is 5.16. The molecular weight excluding hydrogens is 705 g/mol. The lowest BCUT2D eigenvalue weighted by Gasteiger charge is -2.12. The molecule has 0 bridgehead atoms. The van der Waals surface area contributed by atoms with E-state index in [0.29, 0.717) is 0 Å². The number of hydrogen-bond acceptors (Lipinski definition) is 4. The van der Waals surface area contributed by atoms with Gasteiger partial charge >= 0.3 is 0 Å². The van der Waals surface area contributed by atoms with Crippen LogP contribution in [0.1, 0.15) is 0 Å². The van der Waals surface area contributed by atoms with E-state index < -0.39 is 0 Å². The number of fused-ring (bicyclic) bond motifs is 11. The summed E-state index contributed by atoms with van der Waals surface area (Å²) in [4.78, 5) is 19.6. The molecule has 4 nitrogen and oxygen atoms in total. The average molecular weight is 737 g/mol. The van der Waals surface area contributed by atoms with Gasteiger partial charge in [0.1, 0.15) is 0 Å². The van der Waals surface area contributed by atoms with Crippen LogP contribution in [0.15, 0.2) is 194 Å². The fourth-order valence-corrected chi connectivity index (χ4v) is 8.83. The molecule has 4 aromatic heterocycles. The Labute approximate surface area is 333 Å². The minimum Gasteiger partial charge on any atom is -0.254 e. The number of pyridine rings is 4. The van der Waals surface area contributed by atoms with E-state index in [0.717, 1.165) is 88.4 Å². The Kier molecular flexibility index (Phi) is 7.20. The van der Waals surface area contributed by atoms with Gasteiger partial charge in [-0.3, -0.25) is 9.97 Å². The average Bonchev–Trinajstić information content (AvgIpc) is 3.30. The highest BCUT2D eigenvalue weighted by Gasteiger charge is 2.13. The van der Waals surface area contributed by atoms with Crippen LogP contribution in [0.3, 0.4) is 0 Å². The van der Waals surface area contributed by atoms with Crippen molar-refractivity contribution < 1.29 is 0 Å². The van der Waals surface area contributed by atoms with E-state index >= 15 is 0 Å². The Balaban J connectivity index is 0.863. The van der Waals surface area contributed by atoms with Crippen molar-refractivity contribution in [2.24, 2.45) is 0 Å². The molecule has 0 N–H and O–H groups in total. The first kappa shape index (κ1) is 32.4. The molecule has 0 saturated carbocycles. The van der Waals surface area contributed by atoms with Crippen LogP contribution in [0.4, 0.5) is 0 Å². The molecule has 0 aliphatic rings. The molecule has 268 valence electrons. The summed E-state index contributed by atoms with van der Waals surface area (Å²) in [7, 11) is 0. The Hall–Kier alpha value is -7.82. The highest BCUT2D eigenvalue weighted by molar-refractivity contribution is 6.25. The maximum Gasteiger partial charge on any atom is 0.0970 e. The van der Waals surface area contributed by atoms with Crippen molar-refractivity contribution in [1.82, 2.24) is 19.9 Å². The molecule has 12 rings (SSSR count). The molecule has 0 unspecified atom stereocenters.